The number of pyridine rings is 1. The van der Waals surface area contributed by atoms with Gasteiger partial charge in [0.15, 0.2) is 0 Å². The van der Waals surface area contributed by atoms with Gasteiger partial charge in [-0.15, -0.1) is 0 Å². The number of carbonyl (C=O) groups excluding carboxylic acids is 2. The van der Waals surface area contributed by atoms with Crippen LogP contribution in [0.1, 0.15) is 11.4 Å². The third-order valence-electron chi connectivity index (χ3n) is 4.26. The van der Waals surface area contributed by atoms with Crippen molar-refractivity contribution < 1.29 is 9.59 Å². The zero-order valence-electron chi connectivity index (χ0n) is 13.4. The number of nitrogens with zero attached hydrogens (tertiary/aromatic N) is 5. The van der Waals surface area contributed by atoms with E-state index in [1.165, 1.54) is 10.9 Å². The Bertz CT molecular complexity index is 978. The zero-order valence-corrected chi connectivity index (χ0v) is 14.1. The van der Waals surface area contributed by atoms with Crippen LogP contribution in [0.4, 0.5) is 4.79 Å². The Morgan fingerprint density at radius 2 is 2.28 bits per heavy atom. The average molecular weight is 359 g/mol. The van der Waals surface area contributed by atoms with E-state index < -0.39 is 6.04 Å². The normalized spacial score (nSPS) is 16.6. The molecule has 4 heterocycles. The largest absolute Gasteiger partial charge is 0.338 e. The second-order valence-electron chi connectivity index (χ2n) is 5.98. The topological polar surface area (TPSA) is 84.5 Å². The summed E-state index contributed by atoms with van der Waals surface area (Å²) in [6, 6.07) is 2.64. The maximum atomic E-state index is 12.7. The molecule has 0 saturated heterocycles. The number of nitrogens with one attached hydrogen (secondary N) is 1. The van der Waals surface area contributed by atoms with Gasteiger partial charge < -0.3 is 14.6 Å². The van der Waals surface area contributed by atoms with E-state index in [0.717, 1.165) is 17.0 Å². The van der Waals surface area contributed by atoms with Gasteiger partial charge in [0.25, 0.3) is 0 Å². The van der Waals surface area contributed by atoms with Gasteiger partial charge in [0.05, 0.1) is 23.5 Å². The van der Waals surface area contributed by atoms with Crippen molar-refractivity contribution in [1.29, 1.82) is 0 Å². The molecule has 9 heteroatoms. The molecule has 1 atom stereocenters. The molecule has 0 radical (unpaired) electrons. The Morgan fingerprint density at radius 1 is 1.44 bits per heavy atom. The molecule has 1 N–H and O–H groups in total. The Kier molecular flexibility index (Phi) is 3.69. The van der Waals surface area contributed by atoms with E-state index in [2.05, 4.69) is 15.3 Å². The molecule has 0 aliphatic carbocycles. The number of likely N-dealkylation sites (N-methyl/N-ethyl adjacent to an activating group) is 1. The molecule has 25 heavy (non-hydrogen) atoms. The first-order valence-corrected chi connectivity index (χ1v) is 8.09. The molecular weight excluding hydrogens is 344 g/mol. The molecular formula is C16H15ClN6O2. The summed E-state index contributed by atoms with van der Waals surface area (Å²) in [5.41, 5.74) is 2.31. The Labute approximate surface area is 148 Å². The van der Waals surface area contributed by atoms with Gasteiger partial charge in [-0.2, -0.15) is 0 Å². The molecule has 0 fully saturated rings. The second kappa shape index (κ2) is 5.89. The fourth-order valence-corrected chi connectivity index (χ4v) is 3.15. The quantitative estimate of drug-likeness (QED) is 0.765. The molecule has 8 nitrogen and oxygen atoms in total. The van der Waals surface area contributed by atoms with Crippen LogP contribution in [0.3, 0.4) is 0 Å². The number of rotatable bonds is 3. The molecule has 0 unspecified atom stereocenters. The lowest BCUT2D eigenvalue weighted by atomic mass is 10.1. The molecule has 2 amide bonds. The number of imidazole rings is 2. The smallest absolute Gasteiger partial charge is 0.327 e. The average Bonchev–Trinajstić information content (AvgIpc) is 3.21. The lowest BCUT2D eigenvalue weighted by molar-refractivity contribution is -0.132. The molecule has 0 saturated carbocycles. The summed E-state index contributed by atoms with van der Waals surface area (Å²) >= 11 is 6.04. The summed E-state index contributed by atoms with van der Waals surface area (Å²) in [5, 5.41) is 3.31. The number of hydrogen-bond donors (Lipinski definition) is 1. The zero-order chi connectivity index (χ0) is 17.6. The van der Waals surface area contributed by atoms with Crippen LogP contribution in [-0.4, -0.2) is 48.9 Å². The van der Waals surface area contributed by atoms with E-state index in [-0.39, 0.29) is 11.9 Å². The summed E-state index contributed by atoms with van der Waals surface area (Å²) < 4.78 is 3.26. The highest BCUT2D eigenvalue weighted by Crippen LogP contribution is 2.16. The minimum Gasteiger partial charge on any atom is -0.338 e. The van der Waals surface area contributed by atoms with Gasteiger partial charge in [-0.3, -0.25) is 9.36 Å². The van der Waals surface area contributed by atoms with E-state index in [0.29, 0.717) is 18.0 Å². The van der Waals surface area contributed by atoms with E-state index in [4.69, 9.17) is 11.6 Å². The van der Waals surface area contributed by atoms with Gasteiger partial charge in [-0.1, -0.05) is 11.6 Å². The molecule has 3 aromatic heterocycles. The van der Waals surface area contributed by atoms with Crippen molar-refractivity contribution in [3.8, 4) is 0 Å². The highest BCUT2D eigenvalue weighted by molar-refractivity contribution is 6.30. The van der Waals surface area contributed by atoms with Crippen LogP contribution in [0.25, 0.3) is 5.65 Å². The van der Waals surface area contributed by atoms with Crippen LogP contribution in [0, 0.1) is 0 Å². The Hall–Kier alpha value is -2.87. The van der Waals surface area contributed by atoms with Crippen molar-refractivity contribution in [3.05, 3.63) is 53.5 Å². The van der Waals surface area contributed by atoms with Crippen LogP contribution in [-0.2, 0) is 17.8 Å². The van der Waals surface area contributed by atoms with Gasteiger partial charge in [0.2, 0.25) is 5.91 Å². The SMILES string of the molecule is CN(Cc1cnc2ccc(Cl)cn12)C(=O)[C@@H]1Cc2cncn2C(=O)N1. The lowest BCUT2D eigenvalue weighted by Crippen LogP contribution is -2.52. The molecule has 1 aliphatic rings. The van der Waals surface area contributed by atoms with Gasteiger partial charge in [-0.05, 0) is 12.1 Å². The standard InChI is InChI=1S/C16H15ClN6O2/c1-21(8-12-6-19-14-3-2-10(17)7-22(12)14)15(24)13-4-11-5-18-9-23(11)16(25)20-13/h2-3,5-7,9,13H,4,8H2,1H3,(H,20,25)/t13-/m0/s1. The molecule has 0 spiro atoms. The molecule has 128 valence electrons. The van der Waals surface area contributed by atoms with Crippen LogP contribution >= 0.6 is 11.6 Å². The highest BCUT2D eigenvalue weighted by atomic mass is 35.5. The summed E-state index contributed by atoms with van der Waals surface area (Å²) in [5.74, 6) is -0.169. The van der Waals surface area contributed by atoms with E-state index in [9.17, 15) is 9.59 Å². The van der Waals surface area contributed by atoms with E-state index >= 15 is 0 Å². The molecule has 3 aromatic rings. The maximum absolute atomic E-state index is 12.7. The third-order valence-corrected chi connectivity index (χ3v) is 4.49. The Balaban J connectivity index is 1.53. The summed E-state index contributed by atoms with van der Waals surface area (Å²) in [6.07, 6.45) is 6.93. The van der Waals surface area contributed by atoms with Gasteiger partial charge in [0, 0.05) is 31.6 Å². The van der Waals surface area contributed by atoms with Crippen molar-refractivity contribution >= 4 is 29.2 Å². The molecule has 1 aliphatic heterocycles. The minimum absolute atomic E-state index is 0.169. The van der Waals surface area contributed by atoms with Crippen LogP contribution in [0.5, 0.6) is 0 Å². The minimum atomic E-state index is -0.607. The predicted molar refractivity (Wildman–Crippen MR) is 90.3 cm³/mol. The second-order valence-corrected chi connectivity index (χ2v) is 6.42. The fourth-order valence-electron chi connectivity index (χ4n) is 2.99. The first-order valence-electron chi connectivity index (χ1n) is 7.71. The predicted octanol–water partition coefficient (Wildman–Crippen LogP) is 1.33. The van der Waals surface area contributed by atoms with E-state index in [1.807, 2.05) is 10.5 Å². The van der Waals surface area contributed by atoms with Crippen LogP contribution < -0.4 is 5.32 Å². The Morgan fingerprint density at radius 3 is 3.12 bits per heavy atom. The third kappa shape index (κ3) is 2.74. The molecule has 0 aromatic carbocycles. The van der Waals surface area contributed by atoms with Crippen LogP contribution in [0.15, 0.2) is 37.1 Å². The number of hydrogen-bond acceptors (Lipinski definition) is 4. The van der Waals surface area contributed by atoms with Crippen LogP contribution in [0.2, 0.25) is 5.02 Å². The number of amides is 2. The van der Waals surface area contributed by atoms with Crippen molar-refractivity contribution in [2.45, 2.75) is 19.0 Å². The van der Waals surface area contributed by atoms with E-state index in [1.54, 1.807) is 36.6 Å². The van der Waals surface area contributed by atoms with Crippen molar-refractivity contribution in [2.75, 3.05) is 7.05 Å². The number of halogens is 1. The number of aromatic nitrogens is 4. The number of carbonyl (C=O) groups is 2. The monoisotopic (exact) mass is 358 g/mol. The first-order chi connectivity index (χ1) is 12.0. The summed E-state index contributed by atoms with van der Waals surface area (Å²) in [6.45, 7) is 0.353. The summed E-state index contributed by atoms with van der Waals surface area (Å²) in [4.78, 5) is 34.6. The van der Waals surface area contributed by atoms with Crippen molar-refractivity contribution in [3.63, 3.8) is 0 Å². The van der Waals surface area contributed by atoms with Gasteiger partial charge >= 0.3 is 6.03 Å². The van der Waals surface area contributed by atoms with Crippen molar-refractivity contribution in [1.82, 2.24) is 29.2 Å². The van der Waals surface area contributed by atoms with Gasteiger partial charge in [0.1, 0.15) is 18.0 Å². The van der Waals surface area contributed by atoms with Crippen molar-refractivity contribution in [2.24, 2.45) is 0 Å². The maximum Gasteiger partial charge on any atom is 0.327 e. The fraction of sp³-hybridized carbons (Fsp3) is 0.250. The lowest BCUT2D eigenvalue weighted by Gasteiger charge is -2.27. The first kappa shape index (κ1) is 15.6. The summed E-state index contributed by atoms with van der Waals surface area (Å²) in [7, 11) is 1.70. The molecule has 0 bridgehead atoms. The highest BCUT2D eigenvalue weighted by Gasteiger charge is 2.31. The molecule has 4 rings (SSSR count). The number of fused-ring (bicyclic) bond motifs is 2. The van der Waals surface area contributed by atoms with Gasteiger partial charge in [-0.25, -0.2) is 14.8 Å².